The van der Waals surface area contributed by atoms with Gasteiger partial charge in [-0.2, -0.15) is 0 Å². The van der Waals surface area contributed by atoms with Crippen LogP contribution in [0.2, 0.25) is 0 Å². The Morgan fingerprint density at radius 1 is 1.12 bits per heavy atom. The summed E-state index contributed by atoms with van der Waals surface area (Å²) in [6, 6.07) is 3.42. The smallest absolute Gasteiger partial charge is 0.504 e. The van der Waals surface area contributed by atoms with Gasteiger partial charge >= 0.3 is 7.32 Å². The normalized spacial score (nSPS) is 11.5. The van der Waals surface area contributed by atoms with Gasteiger partial charge in [0.1, 0.15) is 0 Å². The van der Waals surface area contributed by atoms with Gasteiger partial charge in [-0.15, -0.1) is 11.3 Å². The van der Waals surface area contributed by atoms with Crippen molar-refractivity contribution >= 4 is 18.7 Å². The molecule has 0 saturated carbocycles. The Labute approximate surface area is 105 Å². The summed E-state index contributed by atoms with van der Waals surface area (Å²) < 4.78 is 4.48. The number of rotatable bonds is 3. The molecule has 0 radical (unpaired) electrons. The minimum atomic E-state index is -1.70. The molecule has 0 fully saturated rings. The van der Waals surface area contributed by atoms with Crippen molar-refractivity contribution in [3.8, 4) is 5.06 Å². The molecule has 0 saturated heterocycles. The van der Waals surface area contributed by atoms with Crippen LogP contribution in [0.25, 0.3) is 0 Å². The minimum absolute atomic E-state index is 0.505. The van der Waals surface area contributed by atoms with Crippen LogP contribution in [0.4, 0.5) is 0 Å². The lowest BCUT2D eigenvalue weighted by Gasteiger charge is -2.31. The first-order valence-electron chi connectivity index (χ1n) is 5.05. The van der Waals surface area contributed by atoms with Gasteiger partial charge in [0, 0.05) is 0 Å². The maximum Gasteiger partial charge on any atom is 0.708 e. The Morgan fingerprint density at radius 3 is 1.82 bits per heavy atom. The fourth-order valence-corrected chi connectivity index (χ4v) is 1.02. The van der Waals surface area contributed by atoms with Crippen molar-refractivity contribution in [2.75, 3.05) is 0 Å². The molecule has 0 aliphatic heterocycles. The lowest BCUT2D eigenvalue weighted by molar-refractivity contribution is -0.107. The fourth-order valence-electron chi connectivity index (χ4n) is 0.434. The minimum Gasteiger partial charge on any atom is -0.504 e. The number of hydrogen-bond acceptors (Lipinski definition) is 6. The van der Waals surface area contributed by atoms with Gasteiger partial charge in [0.2, 0.25) is 0 Å². The SMILES string of the molecule is CC(C)(O)C(C)(C)O.OB(O)Oc1cccs1. The largest absolute Gasteiger partial charge is 0.708 e. The zero-order chi connectivity index (χ0) is 13.7. The maximum atomic E-state index is 9.10. The third kappa shape index (κ3) is 7.35. The molecule has 7 heteroatoms. The highest BCUT2D eigenvalue weighted by Crippen LogP contribution is 2.19. The topological polar surface area (TPSA) is 90.2 Å². The summed E-state index contributed by atoms with van der Waals surface area (Å²) in [5.41, 5.74) is -2.01. The first kappa shape index (κ1) is 16.4. The van der Waals surface area contributed by atoms with Crippen molar-refractivity contribution in [3.05, 3.63) is 17.5 Å². The van der Waals surface area contributed by atoms with E-state index in [0.29, 0.717) is 5.06 Å². The van der Waals surface area contributed by atoms with Crippen LogP contribution < -0.4 is 4.65 Å². The number of aliphatic hydroxyl groups is 2. The van der Waals surface area contributed by atoms with Gasteiger partial charge in [0.05, 0.1) is 11.2 Å². The first-order chi connectivity index (χ1) is 7.54. The summed E-state index contributed by atoms with van der Waals surface area (Å²) in [6.07, 6.45) is 0. The fraction of sp³-hybridized carbons (Fsp3) is 0.600. The third-order valence-corrected chi connectivity index (χ3v) is 2.97. The maximum absolute atomic E-state index is 9.10. The molecule has 0 aromatic carbocycles. The molecule has 1 aromatic heterocycles. The zero-order valence-corrected chi connectivity index (χ0v) is 11.2. The number of hydrogen-bond donors (Lipinski definition) is 4. The van der Waals surface area contributed by atoms with E-state index >= 15 is 0 Å². The Kier molecular flexibility index (Phi) is 6.14. The van der Waals surface area contributed by atoms with Crippen LogP contribution in [0, 0.1) is 0 Å². The highest BCUT2D eigenvalue weighted by molar-refractivity contribution is 7.12. The van der Waals surface area contributed by atoms with Gasteiger partial charge in [-0.05, 0) is 45.2 Å². The van der Waals surface area contributed by atoms with Crippen molar-refractivity contribution in [2.45, 2.75) is 38.9 Å². The van der Waals surface area contributed by atoms with Crippen LogP contribution in [0.5, 0.6) is 5.06 Å². The standard InChI is InChI=1S/C6H14O2.C4H5BO3S/c1-5(2,7)6(3,4)8;6-5(7)8-4-2-1-3-9-4/h7-8H,1-4H3;1-3,6-7H. The van der Waals surface area contributed by atoms with E-state index in [0.717, 1.165) is 0 Å². The van der Waals surface area contributed by atoms with Gasteiger partial charge in [-0.25, -0.2) is 0 Å². The second-order valence-corrected chi connectivity index (χ2v) is 5.40. The molecule has 0 bridgehead atoms. The summed E-state index contributed by atoms with van der Waals surface area (Å²) in [7, 11) is -1.70. The molecular formula is C10H19BO5S. The monoisotopic (exact) mass is 262 g/mol. The molecular weight excluding hydrogens is 243 g/mol. The van der Waals surface area contributed by atoms with E-state index in [1.165, 1.54) is 11.3 Å². The van der Waals surface area contributed by atoms with E-state index in [2.05, 4.69) is 4.65 Å². The van der Waals surface area contributed by atoms with Crippen LogP contribution in [0.15, 0.2) is 17.5 Å². The van der Waals surface area contributed by atoms with Crippen LogP contribution in [0.3, 0.4) is 0 Å². The highest BCUT2D eigenvalue weighted by atomic mass is 32.1. The Morgan fingerprint density at radius 2 is 1.59 bits per heavy atom. The molecule has 0 spiro atoms. The van der Waals surface area contributed by atoms with Crippen LogP contribution in [-0.4, -0.2) is 38.8 Å². The predicted octanol–water partition coefficient (Wildman–Crippen LogP) is 0.625. The first-order valence-corrected chi connectivity index (χ1v) is 5.93. The summed E-state index contributed by atoms with van der Waals surface area (Å²) in [6.45, 7) is 6.31. The molecule has 98 valence electrons. The Balaban J connectivity index is 0.000000304. The average Bonchev–Trinajstić information content (AvgIpc) is 2.52. The predicted molar refractivity (Wildman–Crippen MR) is 67.7 cm³/mol. The van der Waals surface area contributed by atoms with E-state index in [4.69, 9.17) is 20.3 Å². The molecule has 0 aliphatic carbocycles. The van der Waals surface area contributed by atoms with E-state index in [-0.39, 0.29) is 0 Å². The molecule has 5 nitrogen and oxygen atoms in total. The quantitative estimate of drug-likeness (QED) is 0.600. The summed E-state index contributed by atoms with van der Waals surface area (Å²) in [5.74, 6) is 0. The molecule has 1 aromatic rings. The Bertz CT molecular complexity index is 287. The van der Waals surface area contributed by atoms with Crippen molar-refractivity contribution in [3.63, 3.8) is 0 Å². The van der Waals surface area contributed by atoms with E-state index in [1.807, 2.05) is 0 Å². The second-order valence-electron chi connectivity index (χ2n) is 4.49. The van der Waals surface area contributed by atoms with Gasteiger partial charge in [-0.3, -0.25) is 0 Å². The van der Waals surface area contributed by atoms with Gasteiger partial charge < -0.3 is 24.9 Å². The Hall–Kier alpha value is -0.595. The van der Waals surface area contributed by atoms with E-state index in [9.17, 15) is 0 Å². The van der Waals surface area contributed by atoms with Gasteiger partial charge in [-0.1, -0.05) is 0 Å². The summed E-state index contributed by atoms with van der Waals surface area (Å²) >= 11 is 1.31. The summed E-state index contributed by atoms with van der Waals surface area (Å²) in [5, 5.41) is 37.0. The van der Waals surface area contributed by atoms with Gasteiger partial charge in [0.25, 0.3) is 0 Å². The van der Waals surface area contributed by atoms with E-state index < -0.39 is 18.5 Å². The lowest BCUT2D eigenvalue weighted by Crippen LogP contribution is -2.44. The molecule has 4 N–H and O–H groups in total. The third-order valence-electron chi connectivity index (χ3n) is 2.21. The lowest BCUT2D eigenvalue weighted by atomic mass is 9.90. The van der Waals surface area contributed by atoms with Crippen molar-refractivity contribution < 1.29 is 24.9 Å². The molecule has 0 atom stereocenters. The van der Waals surface area contributed by atoms with Crippen LogP contribution in [-0.2, 0) is 0 Å². The highest BCUT2D eigenvalue weighted by Gasteiger charge is 2.31. The zero-order valence-electron chi connectivity index (χ0n) is 10.4. The number of thiophene rings is 1. The molecule has 1 rings (SSSR count). The van der Waals surface area contributed by atoms with Crippen molar-refractivity contribution in [1.82, 2.24) is 0 Å². The van der Waals surface area contributed by atoms with E-state index in [1.54, 1.807) is 45.2 Å². The molecule has 0 aliphatic rings. The molecule has 17 heavy (non-hydrogen) atoms. The average molecular weight is 262 g/mol. The van der Waals surface area contributed by atoms with Crippen LogP contribution in [0.1, 0.15) is 27.7 Å². The van der Waals surface area contributed by atoms with Crippen molar-refractivity contribution in [2.24, 2.45) is 0 Å². The molecule has 0 amide bonds. The molecule has 0 unspecified atom stereocenters. The van der Waals surface area contributed by atoms with Crippen molar-refractivity contribution in [1.29, 1.82) is 0 Å². The molecule has 1 heterocycles. The van der Waals surface area contributed by atoms with Crippen LogP contribution >= 0.6 is 11.3 Å². The summed E-state index contributed by atoms with van der Waals surface area (Å²) in [4.78, 5) is 0. The van der Waals surface area contributed by atoms with Gasteiger partial charge in [0.15, 0.2) is 5.06 Å². The second kappa shape index (κ2) is 6.37.